The Balaban J connectivity index is 1.07. The third kappa shape index (κ3) is 9.31. The molecule has 55 heavy (non-hydrogen) atoms. The first-order valence-corrected chi connectivity index (χ1v) is 19.6. The van der Waals surface area contributed by atoms with E-state index in [1.54, 1.807) is 42.6 Å². The van der Waals surface area contributed by atoms with Gasteiger partial charge in [-0.1, -0.05) is 28.1 Å². The van der Waals surface area contributed by atoms with Crippen molar-refractivity contribution in [2.24, 2.45) is 0 Å². The fourth-order valence-corrected chi connectivity index (χ4v) is 7.47. The smallest absolute Gasteiger partial charge is 0.256 e. The third-order valence-corrected chi connectivity index (χ3v) is 10.6. The number of methoxy groups -OCH3 is 1. The van der Waals surface area contributed by atoms with Crippen molar-refractivity contribution in [2.45, 2.75) is 32.1 Å². The van der Waals surface area contributed by atoms with E-state index in [0.29, 0.717) is 79.4 Å². The van der Waals surface area contributed by atoms with Gasteiger partial charge in [-0.2, -0.15) is 5.10 Å². The molecular formula is C41H45BrFN7O5. The van der Waals surface area contributed by atoms with E-state index in [-0.39, 0.29) is 17.2 Å². The fraction of sp³-hybridized carbons (Fsp3) is 0.390. The predicted molar refractivity (Wildman–Crippen MR) is 212 cm³/mol. The number of allylic oxidation sites excluding steroid dienone is 2. The lowest BCUT2D eigenvalue weighted by molar-refractivity contribution is -0.127. The lowest BCUT2D eigenvalue weighted by atomic mass is 9.95. The van der Waals surface area contributed by atoms with Crippen LogP contribution in [0, 0.1) is 5.82 Å². The summed E-state index contributed by atoms with van der Waals surface area (Å²) < 4.78 is 32.8. The number of nitrogens with one attached hydrogen (secondary N) is 1. The van der Waals surface area contributed by atoms with Gasteiger partial charge in [0.2, 0.25) is 0 Å². The Labute approximate surface area is 328 Å². The normalized spacial score (nSPS) is 16.4. The SMILES string of the molecule is COc1cc2c(Cc3ccncc3)nnc(N3CCN(C(=O)C4=CCCC=C4C(=O)Nc4ccc(Br)cc4F)CC3)c2cc1OCCCCN1CCOCC1. The van der Waals surface area contributed by atoms with Gasteiger partial charge in [0, 0.05) is 84.5 Å². The zero-order valence-corrected chi connectivity index (χ0v) is 32.5. The number of carbonyl (C=O) groups excluding carboxylic acids is 2. The molecule has 12 nitrogen and oxygen atoms in total. The van der Waals surface area contributed by atoms with E-state index >= 15 is 0 Å². The van der Waals surface area contributed by atoms with Gasteiger partial charge in [0.25, 0.3) is 11.8 Å². The minimum Gasteiger partial charge on any atom is -0.493 e. The Morgan fingerprint density at radius 2 is 1.64 bits per heavy atom. The highest BCUT2D eigenvalue weighted by Gasteiger charge is 2.30. The lowest BCUT2D eigenvalue weighted by Crippen LogP contribution is -2.50. The number of piperazine rings is 1. The summed E-state index contributed by atoms with van der Waals surface area (Å²) in [5.74, 6) is 0.665. The van der Waals surface area contributed by atoms with E-state index in [9.17, 15) is 14.0 Å². The molecule has 2 fully saturated rings. The van der Waals surface area contributed by atoms with E-state index in [1.807, 2.05) is 24.3 Å². The topological polar surface area (TPSA) is 122 Å². The van der Waals surface area contributed by atoms with Crippen LogP contribution in [0.25, 0.3) is 10.8 Å². The van der Waals surface area contributed by atoms with Crippen LogP contribution in [-0.2, 0) is 20.7 Å². The highest BCUT2D eigenvalue weighted by atomic mass is 79.9. The molecule has 2 aromatic heterocycles. The maximum atomic E-state index is 14.5. The zero-order valence-electron chi connectivity index (χ0n) is 30.9. The molecule has 1 N–H and O–H groups in total. The van der Waals surface area contributed by atoms with Crippen LogP contribution >= 0.6 is 15.9 Å². The number of fused-ring (bicyclic) bond motifs is 1. The number of aromatic nitrogens is 3. The second-order valence-electron chi connectivity index (χ2n) is 13.7. The number of carbonyl (C=O) groups is 2. The number of hydrogen-bond acceptors (Lipinski definition) is 10. The molecule has 7 rings (SSSR count). The molecular weight excluding hydrogens is 769 g/mol. The van der Waals surface area contributed by atoms with Gasteiger partial charge >= 0.3 is 0 Å². The molecule has 0 bridgehead atoms. The van der Waals surface area contributed by atoms with E-state index in [0.717, 1.165) is 67.7 Å². The quantitative estimate of drug-likeness (QED) is 0.162. The van der Waals surface area contributed by atoms with Crippen LogP contribution in [0.5, 0.6) is 11.5 Å². The molecule has 0 atom stereocenters. The molecule has 2 aliphatic heterocycles. The summed E-state index contributed by atoms with van der Waals surface area (Å²) in [4.78, 5) is 37.7. The molecule has 4 aromatic rings. The number of morpholine rings is 1. The molecule has 2 saturated heterocycles. The molecule has 14 heteroatoms. The first kappa shape index (κ1) is 38.4. The first-order chi connectivity index (χ1) is 26.9. The van der Waals surface area contributed by atoms with Gasteiger partial charge < -0.3 is 29.3 Å². The number of benzene rings is 2. The molecule has 2 aromatic carbocycles. The summed E-state index contributed by atoms with van der Waals surface area (Å²) in [6.45, 7) is 6.92. The number of halogens is 2. The molecule has 0 unspecified atom stereocenters. The van der Waals surface area contributed by atoms with Crippen LogP contribution in [0.4, 0.5) is 15.9 Å². The zero-order chi connectivity index (χ0) is 38.1. The molecule has 0 radical (unpaired) electrons. The number of nitrogens with zero attached hydrogens (tertiary/aromatic N) is 6. The van der Waals surface area contributed by atoms with E-state index in [4.69, 9.17) is 24.4 Å². The van der Waals surface area contributed by atoms with Gasteiger partial charge in [0.1, 0.15) is 5.82 Å². The molecule has 2 amide bonds. The summed E-state index contributed by atoms with van der Waals surface area (Å²) in [5, 5.41) is 13.9. The number of pyridine rings is 1. The van der Waals surface area contributed by atoms with Crippen LogP contribution in [0.2, 0.25) is 0 Å². The van der Waals surface area contributed by atoms with Gasteiger partial charge in [-0.05, 0) is 80.3 Å². The number of ether oxygens (including phenoxy) is 3. The molecule has 0 spiro atoms. The Morgan fingerprint density at radius 3 is 2.38 bits per heavy atom. The van der Waals surface area contributed by atoms with Crippen molar-refractivity contribution < 1.29 is 28.2 Å². The Bertz CT molecular complexity index is 2070. The lowest BCUT2D eigenvalue weighted by Gasteiger charge is -2.36. The molecule has 3 aliphatic rings. The van der Waals surface area contributed by atoms with E-state index in [2.05, 4.69) is 36.0 Å². The summed E-state index contributed by atoms with van der Waals surface area (Å²) in [7, 11) is 1.64. The molecule has 0 saturated carbocycles. The van der Waals surface area contributed by atoms with Crippen molar-refractivity contribution >= 4 is 50.0 Å². The highest BCUT2D eigenvalue weighted by molar-refractivity contribution is 9.10. The van der Waals surface area contributed by atoms with Crippen LogP contribution in [0.15, 0.2) is 82.6 Å². The number of hydrogen-bond donors (Lipinski definition) is 1. The number of rotatable bonds is 13. The average molecular weight is 815 g/mol. The van der Waals surface area contributed by atoms with Crippen LogP contribution in [0.3, 0.4) is 0 Å². The summed E-state index contributed by atoms with van der Waals surface area (Å²) in [5.41, 5.74) is 2.50. The number of anilines is 2. The maximum Gasteiger partial charge on any atom is 0.256 e. The van der Waals surface area contributed by atoms with Crippen molar-refractivity contribution in [3.05, 3.63) is 99.7 Å². The van der Waals surface area contributed by atoms with Gasteiger partial charge in [0.05, 0.1) is 38.3 Å². The predicted octanol–water partition coefficient (Wildman–Crippen LogP) is 5.95. The fourth-order valence-electron chi connectivity index (χ4n) is 7.14. The highest BCUT2D eigenvalue weighted by Crippen LogP contribution is 2.38. The Kier molecular flexibility index (Phi) is 12.7. The average Bonchev–Trinajstić information content (AvgIpc) is 3.22. The Morgan fingerprint density at radius 1 is 0.891 bits per heavy atom. The second-order valence-corrected chi connectivity index (χ2v) is 14.6. The van der Waals surface area contributed by atoms with Gasteiger partial charge in [0.15, 0.2) is 17.3 Å². The van der Waals surface area contributed by atoms with Gasteiger partial charge in [-0.25, -0.2) is 4.39 Å². The van der Waals surface area contributed by atoms with Gasteiger partial charge in [-0.3, -0.25) is 19.5 Å². The van der Waals surface area contributed by atoms with Crippen molar-refractivity contribution in [1.29, 1.82) is 0 Å². The van der Waals surface area contributed by atoms with Crippen molar-refractivity contribution in [3.63, 3.8) is 0 Å². The number of unbranched alkanes of at least 4 members (excludes halogenated alkanes) is 1. The summed E-state index contributed by atoms with van der Waals surface area (Å²) in [6, 6.07) is 12.3. The maximum absolute atomic E-state index is 14.5. The third-order valence-electron chi connectivity index (χ3n) is 10.1. The molecule has 1 aliphatic carbocycles. The molecule has 4 heterocycles. The van der Waals surface area contributed by atoms with E-state index in [1.165, 1.54) is 12.1 Å². The monoisotopic (exact) mass is 813 g/mol. The minimum absolute atomic E-state index is 0.0511. The standard InChI is InChI=1S/C41H45BrFN7O5/c1-53-37-26-32-33(27-38(37)55-21-5-4-14-48-19-22-54-23-20-48)39(47-46-36(32)24-28-10-12-44-13-11-28)49-15-17-50(18-16-49)41(52)31-7-3-2-6-30(31)40(51)45-35-9-8-29(42)25-34(35)43/h6-13,25-27H,2-5,14-24H2,1H3,(H,45,51). The van der Waals surface area contributed by atoms with E-state index < -0.39 is 11.7 Å². The van der Waals surface area contributed by atoms with Gasteiger partial charge in [-0.15, -0.1) is 5.10 Å². The largest absolute Gasteiger partial charge is 0.493 e. The van der Waals surface area contributed by atoms with Crippen molar-refractivity contribution in [3.8, 4) is 11.5 Å². The Hall–Kier alpha value is -4.92. The summed E-state index contributed by atoms with van der Waals surface area (Å²) in [6.07, 6.45) is 10.8. The van der Waals surface area contributed by atoms with Crippen molar-refractivity contribution in [2.75, 3.05) is 83.0 Å². The van der Waals surface area contributed by atoms with Crippen LogP contribution < -0.4 is 19.7 Å². The molecule has 288 valence electrons. The minimum atomic E-state index is -0.565. The summed E-state index contributed by atoms with van der Waals surface area (Å²) >= 11 is 3.24. The number of amides is 2. The first-order valence-electron chi connectivity index (χ1n) is 18.8. The van der Waals surface area contributed by atoms with Crippen LogP contribution in [0.1, 0.15) is 36.9 Å². The second kappa shape index (κ2) is 18.1. The van der Waals surface area contributed by atoms with Crippen LogP contribution in [-0.4, -0.2) is 110 Å². The van der Waals surface area contributed by atoms with Crippen molar-refractivity contribution in [1.82, 2.24) is 25.0 Å².